The summed E-state index contributed by atoms with van der Waals surface area (Å²) >= 11 is 0. The van der Waals surface area contributed by atoms with Gasteiger partial charge in [-0.25, -0.2) is 0 Å². The summed E-state index contributed by atoms with van der Waals surface area (Å²) in [5.41, 5.74) is 0.915. The minimum Gasteiger partial charge on any atom is -0.393 e. The maximum atomic E-state index is 10.2. The summed E-state index contributed by atoms with van der Waals surface area (Å²) in [6.45, 7) is 5.02. The average molecular weight is 274 g/mol. The van der Waals surface area contributed by atoms with E-state index in [1.165, 1.54) is 38.5 Å². The Morgan fingerprint density at radius 2 is 1.90 bits per heavy atom. The third-order valence-corrected chi connectivity index (χ3v) is 7.87. The predicted octanol–water partition coefficient (Wildman–Crippen LogP) is 4.56. The van der Waals surface area contributed by atoms with Gasteiger partial charge in [-0.1, -0.05) is 26.0 Å². The Morgan fingerprint density at radius 1 is 1.05 bits per heavy atom. The van der Waals surface area contributed by atoms with E-state index in [1.54, 1.807) is 0 Å². The van der Waals surface area contributed by atoms with Crippen molar-refractivity contribution in [3.8, 4) is 0 Å². The first-order chi connectivity index (χ1) is 9.53. The lowest BCUT2D eigenvalue weighted by atomic mass is 9.46. The molecule has 4 aliphatic carbocycles. The Hall–Kier alpha value is -0.300. The lowest BCUT2D eigenvalue weighted by Crippen LogP contribution is -2.50. The summed E-state index contributed by atoms with van der Waals surface area (Å²) in [5, 5.41) is 10.2. The number of fused-ring (bicyclic) bond motifs is 5. The molecule has 4 unspecified atom stereocenters. The molecule has 0 heterocycles. The van der Waals surface area contributed by atoms with Crippen molar-refractivity contribution in [2.24, 2.45) is 34.5 Å². The fraction of sp³-hybridized carbons (Fsp3) is 0.895. The van der Waals surface area contributed by atoms with Gasteiger partial charge in [-0.3, -0.25) is 0 Å². The number of allylic oxidation sites excluding steroid dienone is 2. The number of rotatable bonds is 0. The Bertz CT molecular complexity index is 427. The Labute approximate surface area is 123 Å². The van der Waals surface area contributed by atoms with Gasteiger partial charge in [0.05, 0.1) is 6.10 Å². The monoisotopic (exact) mass is 274 g/mol. The van der Waals surface area contributed by atoms with Crippen LogP contribution in [0, 0.1) is 34.5 Å². The molecule has 7 atom stereocenters. The molecule has 0 aromatic heterocycles. The van der Waals surface area contributed by atoms with Gasteiger partial charge >= 0.3 is 0 Å². The maximum absolute atomic E-state index is 10.2. The number of hydrogen-bond acceptors (Lipinski definition) is 1. The van der Waals surface area contributed by atoms with Gasteiger partial charge in [0.25, 0.3) is 0 Å². The standard InChI is InChI=1S/C19H30O/c1-18-10-8-16-15(17(18)11-14(20)12-18)7-6-13-5-3-4-9-19(13,16)2/h4,9,13-17,20H,3,5-8,10-12H2,1-2H3/t13-,14?,15?,16?,17?,18-,19+/m1/s1. The van der Waals surface area contributed by atoms with E-state index >= 15 is 0 Å². The molecule has 0 bridgehead atoms. The minimum atomic E-state index is -0.0174. The predicted molar refractivity (Wildman–Crippen MR) is 82.3 cm³/mol. The van der Waals surface area contributed by atoms with Gasteiger partial charge in [-0.2, -0.15) is 0 Å². The van der Waals surface area contributed by atoms with E-state index in [0.717, 1.165) is 36.5 Å². The molecule has 1 heteroatoms. The van der Waals surface area contributed by atoms with Crippen molar-refractivity contribution in [1.82, 2.24) is 0 Å². The van der Waals surface area contributed by atoms with Gasteiger partial charge < -0.3 is 5.11 Å². The van der Waals surface area contributed by atoms with E-state index in [2.05, 4.69) is 26.0 Å². The molecule has 1 N–H and O–H groups in total. The van der Waals surface area contributed by atoms with E-state index in [1.807, 2.05) is 0 Å². The molecule has 0 spiro atoms. The van der Waals surface area contributed by atoms with Gasteiger partial charge in [0.2, 0.25) is 0 Å². The highest BCUT2D eigenvalue weighted by atomic mass is 16.3. The summed E-state index contributed by atoms with van der Waals surface area (Å²) in [4.78, 5) is 0. The lowest BCUT2D eigenvalue weighted by molar-refractivity contribution is -0.0679. The molecule has 0 amide bonds. The van der Waals surface area contributed by atoms with Crippen LogP contribution in [0.4, 0.5) is 0 Å². The van der Waals surface area contributed by atoms with Crippen LogP contribution in [0.1, 0.15) is 65.2 Å². The Balaban J connectivity index is 1.67. The summed E-state index contributed by atoms with van der Waals surface area (Å²) in [6, 6.07) is 0. The molecule has 3 fully saturated rings. The normalized spacial score (nSPS) is 57.9. The first-order valence-corrected chi connectivity index (χ1v) is 8.89. The topological polar surface area (TPSA) is 20.2 Å². The van der Waals surface area contributed by atoms with Crippen molar-refractivity contribution in [3.63, 3.8) is 0 Å². The lowest BCUT2D eigenvalue weighted by Gasteiger charge is -2.58. The molecule has 0 aromatic carbocycles. The van der Waals surface area contributed by atoms with Crippen LogP contribution in [0.3, 0.4) is 0 Å². The summed E-state index contributed by atoms with van der Waals surface area (Å²) in [7, 11) is 0. The van der Waals surface area contributed by atoms with Gasteiger partial charge in [-0.15, -0.1) is 0 Å². The quantitative estimate of drug-likeness (QED) is 0.642. The molecule has 20 heavy (non-hydrogen) atoms. The second-order valence-corrected chi connectivity index (χ2v) is 8.78. The Morgan fingerprint density at radius 3 is 2.75 bits per heavy atom. The van der Waals surface area contributed by atoms with E-state index in [0.29, 0.717) is 10.8 Å². The second-order valence-electron chi connectivity index (χ2n) is 8.78. The van der Waals surface area contributed by atoms with Crippen molar-refractivity contribution in [2.45, 2.75) is 71.3 Å². The highest BCUT2D eigenvalue weighted by Gasteiger charge is 2.57. The molecule has 0 aliphatic heterocycles. The fourth-order valence-corrected chi connectivity index (χ4v) is 6.84. The molecule has 112 valence electrons. The summed E-state index contributed by atoms with van der Waals surface area (Å²) in [5.74, 6) is 3.50. The van der Waals surface area contributed by atoms with Gasteiger partial charge in [0.1, 0.15) is 0 Å². The first kappa shape index (κ1) is 13.4. The van der Waals surface area contributed by atoms with Crippen molar-refractivity contribution < 1.29 is 5.11 Å². The summed E-state index contributed by atoms with van der Waals surface area (Å²) in [6.07, 6.45) is 15.5. The van der Waals surface area contributed by atoms with Crippen molar-refractivity contribution >= 4 is 0 Å². The summed E-state index contributed by atoms with van der Waals surface area (Å²) < 4.78 is 0. The van der Waals surface area contributed by atoms with Gasteiger partial charge in [0, 0.05) is 0 Å². The highest BCUT2D eigenvalue weighted by Crippen LogP contribution is 2.65. The van der Waals surface area contributed by atoms with Gasteiger partial charge in [0.15, 0.2) is 0 Å². The second kappa shape index (κ2) is 4.35. The number of hydrogen-bond donors (Lipinski definition) is 1. The van der Waals surface area contributed by atoms with Crippen molar-refractivity contribution in [1.29, 1.82) is 0 Å². The minimum absolute atomic E-state index is 0.0174. The molecule has 0 radical (unpaired) electrons. The molecular weight excluding hydrogens is 244 g/mol. The smallest absolute Gasteiger partial charge is 0.0548 e. The molecule has 4 rings (SSSR count). The van der Waals surface area contributed by atoms with E-state index in [4.69, 9.17) is 0 Å². The average Bonchev–Trinajstić information content (AvgIpc) is 2.72. The molecule has 1 nitrogen and oxygen atoms in total. The highest BCUT2D eigenvalue weighted by molar-refractivity contribution is 5.15. The fourth-order valence-electron chi connectivity index (χ4n) is 6.84. The Kier molecular flexibility index (Phi) is 2.91. The van der Waals surface area contributed by atoms with Gasteiger partial charge in [-0.05, 0) is 85.9 Å². The zero-order valence-corrected chi connectivity index (χ0v) is 13.1. The van der Waals surface area contributed by atoms with Crippen molar-refractivity contribution in [2.75, 3.05) is 0 Å². The third kappa shape index (κ3) is 1.71. The zero-order valence-electron chi connectivity index (χ0n) is 13.1. The van der Waals surface area contributed by atoms with Crippen LogP contribution in [0.5, 0.6) is 0 Å². The van der Waals surface area contributed by atoms with E-state index in [9.17, 15) is 5.11 Å². The molecule has 0 aromatic rings. The molecular formula is C19H30O. The largest absolute Gasteiger partial charge is 0.393 e. The zero-order chi connectivity index (χ0) is 14.0. The SMILES string of the molecule is C[C@]12CCC3C(CC[C@H]4CCC=C[C@]34C)C1CC(O)C2. The van der Waals surface area contributed by atoms with Crippen molar-refractivity contribution in [3.05, 3.63) is 12.2 Å². The molecule has 3 saturated carbocycles. The van der Waals surface area contributed by atoms with E-state index in [-0.39, 0.29) is 6.10 Å². The first-order valence-electron chi connectivity index (χ1n) is 8.89. The van der Waals surface area contributed by atoms with Crippen LogP contribution >= 0.6 is 0 Å². The van der Waals surface area contributed by atoms with E-state index < -0.39 is 0 Å². The van der Waals surface area contributed by atoms with Crippen LogP contribution in [0.15, 0.2) is 12.2 Å². The van der Waals surface area contributed by atoms with Crippen LogP contribution in [-0.2, 0) is 0 Å². The van der Waals surface area contributed by atoms with Crippen LogP contribution in [0.25, 0.3) is 0 Å². The maximum Gasteiger partial charge on any atom is 0.0548 e. The molecule has 0 saturated heterocycles. The third-order valence-electron chi connectivity index (χ3n) is 7.87. The number of aliphatic hydroxyl groups excluding tert-OH is 1. The van der Waals surface area contributed by atoms with Crippen LogP contribution in [-0.4, -0.2) is 11.2 Å². The van der Waals surface area contributed by atoms with Crippen LogP contribution in [0.2, 0.25) is 0 Å². The van der Waals surface area contributed by atoms with Crippen LogP contribution < -0.4 is 0 Å². The molecule has 4 aliphatic rings. The number of aliphatic hydroxyl groups is 1.